The first-order valence-corrected chi connectivity index (χ1v) is 12.1. The van der Waals surface area contributed by atoms with Gasteiger partial charge >= 0.3 is 0 Å². The molecular formula is C26H40N2O6. The van der Waals surface area contributed by atoms with Crippen LogP contribution in [0.3, 0.4) is 0 Å². The maximum Gasteiger partial charge on any atom is 0.168 e. The number of Topliss-reactive ketones (excluding diaryl/α,β-unsaturated/α-hetero) is 2. The van der Waals surface area contributed by atoms with Crippen molar-refractivity contribution in [2.45, 2.75) is 79.1 Å². The first kappa shape index (κ1) is 27.9. The summed E-state index contributed by atoms with van der Waals surface area (Å²) in [6.45, 7) is 7.75. The quantitative estimate of drug-likeness (QED) is 0.264. The Morgan fingerprint density at radius 1 is 0.706 bits per heavy atom. The molecular weight excluding hydrogens is 436 g/mol. The van der Waals surface area contributed by atoms with E-state index in [1.807, 2.05) is 27.7 Å². The van der Waals surface area contributed by atoms with Crippen molar-refractivity contribution in [2.75, 3.05) is 26.3 Å². The molecule has 2 aliphatic carbocycles. The van der Waals surface area contributed by atoms with E-state index >= 15 is 0 Å². The van der Waals surface area contributed by atoms with Gasteiger partial charge in [0, 0.05) is 37.1 Å². The fraction of sp³-hybridized carbons (Fsp3) is 0.692. The lowest BCUT2D eigenvalue weighted by molar-refractivity contribution is -0.118. The fourth-order valence-corrected chi connectivity index (χ4v) is 4.75. The Kier molecular flexibility index (Phi) is 9.76. The second kappa shape index (κ2) is 11.9. The van der Waals surface area contributed by atoms with Crippen LogP contribution in [0.5, 0.6) is 0 Å². The molecule has 0 aromatic heterocycles. The number of ketones is 2. The number of aliphatic hydroxyl groups is 4. The molecule has 0 atom stereocenters. The van der Waals surface area contributed by atoms with Crippen molar-refractivity contribution in [1.82, 2.24) is 0 Å². The van der Waals surface area contributed by atoms with Crippen LogP contribution in [0.1, 0.15) is 79.1 Å². The van der Waals surface area contributed by atoms with Crippen LogP contribution in [0.4, 0.5) is 0 Å². The number of hydrogen-bond acceptors (Lipinski definition) is 8. The van der Waals surface area contributed by atoms with Crippen molar-refractivity contribution in [3.05, 3.63) is 22.7 Å². The SMILES string of the molecule is CC1(C)CC(=O)C(C(CCCCC(=NCCO)C2=C(O)CC(C)(C)CC2=O)=NCCO)=C(O)C1. The van der Waals surface area contributed by atoms with Crippen molar-refractivity contribution in [3.8, 4) is 0 Å². The fourth-order valence-electron chi connectivity index (χ4n) is 4.75. The summed E-state index contributed by atoms with van der Waals surface area (Å²) in [5, 5.41) is 39.6. The lowest BCUT2D eigenvalue weighted by atomic mass is 9.75. The van der Waals surface area contributed by atoms with E-state index in [0.29, 0.717) is 62.8 Å². The Bertz CT molecular complexity index is 834. The molecule has 0 heterocycles. The Balaban J connectivity index is 2.14. The first-order valence-electron chi connectivity index (χ1n) is 12.1. The number of aliphatic hydroxyl groups excluding tert-OH is 4. The van der Waals surface area contributed by atoms with Crippen LogP contribution >= 0.6 is 0 Å². The molecule has 0 saturated carbocycles. The van der Waals surface area contributed by atoms with E-state index in [-0.39, 0.29) is 71.4 Å². The lowest BCUT2D eigenvalue weighted by Crippen LogP contribution is -2.30. The monoisotopic (exact) mass is 476 g/mol. The molecule has 4 N–H and O–H groups in total. The van der Waals surface area contributed by atoms with E-state index in [1.165, 1.54) is 0 Å². The Morgan fingerprint density at radius 3 is 1.35 bits per heavy atom. The van der Waals surface area contributed by atoms with Crippen molar-refractivity contribution < 1.29 is 30.0 Å². The molecule has 0 radical (unpaired) electrons. The maximum atomic E-state index is 12.7. The molecule has 8 nitrogen and oxygen atoms in total. The van der Waals surface area contributed by atoms with Gasteiger partial charge in [0.1, 0.15) is 11.5 Å². The normalized spacial score (nSPS) is 21.5. The van der Waals surface area contributed by atoms with Crippen LogP contribution in [0.15, 0.2) is 32.6 Å². The second-order valence-corrected chi connectivity index (χ2v) is 10.8. The van der Waals surface area contributed by atoms with Crippen LogP contribution in [-0.2, 0) is 9.59 Å². The van der Waals surface area contributed by atoms with Gasteiger partial charge in [-0.25, -0.2) is 0 Å². The van der Waals surface area contributed by atoms with Gasteiger partial charge in [-0.2, -0.15) is 0 Å². The lowest BCUT2D eigenvalue weighted by Gasteiger charge is -2.30. The summed E-state index contributed by atoms with van der Waals surface area (Å²) < 4.78 is 0. The first-order chi connectivity index (χ1) is 15.9. The Labute approximate surface area is 202 Å². The molecule has 8 heteroatoms. The third kappa shape index (κ3) is 7.60. The third-order valence-electron chi connectivity index (χ3n) is 6.16. The smallest absolute Gasteiger partial charge is 0.168 e. The predicted molar refractivity (Wildman–Crippen MR) is 133 cm³/mol. The Hall–Kier alpha value is -2.32. The maximum absolute atomic E-state index is 12.7. The highest BCUT2D eigenvalue weighted by Crippen LogP contribution is 2.38. The van der Waals surface area contributed by atoms with Gasteiger partial charge in [0.25, 0.3) is 0 Å². The third-order valence-corrected chi connectivity index (χ3v) is 6.16. The zero-order valence-corrected chi connectivity index (χ0v) is 21.0. The van der Waals surface area contributed by atoms with E-state index in [1.54, 1.807) is 0 Å². The number of allylic oxidation sites excluding steroid dienone is 4. The van der Waals surface area contributed by atoms with Crippen molar-refractivity contribution in [2.24, 2.45) is 20.8 Å². The minimum absolute atomic E-state index is 0.0497. The van der Waals surface area contributed by atoms with Gasteiger partial charge in [0.15, 0.2) is 11.6 Å². The van der Waals surface area contributed by atoms with Gasteiger partial charge in [0.05, 0.1) is 37.4 Å². The standard InChI is InChI=1S/C26H40N2O6/c1-25(2)13-19(31)23(20(32)14-25)17(27-9-11-29)7-5-6-8-18(28-10-12-30)24-21(33)15-26(3,4)16-22(24)34/h29-31,33H,5-16H2,1-4H3. The van der Waals surface area contributed by atoms with Crippen molar-refractivity contribution in [1.29, 1.82) is 0 Å². The zero-order valence-electron chi connectivity index (χ0n) is 21.0. The number of carbonyl (C=O) groups is 2. The summed E-state index contributed by atoms with van der Waals surface area (Å²) in [6, 6.07) is 0. The van der Waals surface area contributed by atoms with E-state index in [9.17, 15) is 30.0 Å². The molecule has 0 aromatic rings. The number of rotatable bonds is 11. The van der Waals surface area contributed by atoms with Gasteiger partial charge in [-0.1, -0.05) is 27.7 Å². The minimum Gasteiger partial charge on any atom is -0.511 e. The molecule has 0 aromatic carbocycles. The molecule has 34 heavy (non-hydrogen) atoms. The molecule has 0 saturated heterocycles. The molecule has 190 valence electrons. The molecule has 0 spiro atoms. The number of aliphatic imine (C=N–C) groups is 2. The average Bonchev–Trinajstić information content (AvgIpc) is 2.69. The molecule has 0 bridgehead atoms. The zero-order chi connectivity index (χ0) is 25.5. The summed E-state index contributed by atoms with van der Waals surface area (Å²) in [7, 11) is 0. The highest BCUT2D eigenvalue weighted by Gasteiger charge is 2.36. The van der Waals surface area contributed by atoms with E-state index in [4.69, 9.17) is 0 Å². The molecule has 2 aliphatic rings. The van der Waals surface area contributed by atoms with E-state index in [2.05, 4.69) is 9.98 Å². The predicted octanol–water partition coefficient (Wildman–Crippen LogP) is 3.82. The van der Waals surface area contributed by atoms with Crippen molar-refractivity contribution >= 4 is 23.0 Å². The van der Waals surface area contributed by atoms with Crippen LogP contribution < -0.4 is 0 Å². The largest absolute Gasteiger partial charge is 0.511 e. The highest BCUT2D eigenvalue weighted by molar-refractivity contribution is 6.24. The van der Waals surface area contributed by atoms with Gasteiger partial charge < -0.3 is 20.4 Å². The number of nitrogens with zero attached hydrogens (tertiary/aromatic N) is 2. The second-order valence-electron chi connectivity index (χ2n) is 10.8. The topological polar surface area (TPSA) is 140 Å². The molecule has 2 rings (SSSR count). The molecule has 0 fully saturated rings. The summed E-state index contributed by atoms with van der Waals surface area (Å²) in [5.74, 6) is -0.176. The molecule has 0 unspecified atom stereocenters. The summed E-state index contributed by atoms with van der Waals surface area (Å²) in [6.07, 6.45) is 3.55. The van der Waals surface area contributed by atoms with Crippen LogP contribution in [-0.4, -0.2) is 69.7 Å². The van der Waals surface area contributed by atoms with E-state index in [0.717, 1.165) is 0 Å². The summed E-state index contributed by atoms with van der Waals surface area (Å²) >= 11 is 0. The number of carbonyl (C=O) groups excluding carboxylic acids is 2. The number of unbranched alkanes of at least 4 members (excludes halogenated alkanes) is 1. The van der Waals surface area contributed by atoms with E-state index < -0.39 is 0 Å². The number of hydrogen-bond donors (Lipinski definition) is 4. The minimum atomic E-state index is -0.304. The average molecular weight is 477 g/mol. The summed E-state index contributed by atoms with van der Waals surface area (Å²) in [5.41, 5.74) is 0.930. The van der Waals surface area contributed by atoms with Crippen LogP contribution in [0, 0.1) is 10.8 Å². The molecule has 0 aliphatic heterocycles. The van der Waals surface area contributed by atoms with Crippen molar-refractivity contribution in [3.63, 3.8) is 0 Å². The van der Waals surface area contributed by atoms with Crippen LogP contribution in [0.2, 0.25) is 0 Å². The van der Waals surface area contributed by atoms with Gasteiger partial charge in [-0.3, -0.25) is 19.6 Å². The van der Waals surface area contributed by atoms with Gasteiger partial charge in [-0.15, -0.1) is 0 Å². The van der Waals surface area contributed by atoms with Gasteiger partial charge in [0.2, 0.25) is 0 Å². The highest BCUT2D eigenvalue weighted by atomic mass is 16.3. The van der Waals surface area contributed by atoms with Crippen LogP contribution in [0.25, 0.3) is 0 Å². The Morgan fingerprint density at radius 2 is 1.06 bits per heavy atom. The molecule has 0 amide bonds. The van der Waals surface area contributed by atoms with Gasteiger partial charge in [-0.05, 0) is 36.5 Å². The summed E-state index contributed by atoms with van der Waals surface area (Å²) in [4.78, 5) is 34.2.